The molecule has 136 valence electrons. The van der Waals surface area contributed by atoms with Gasteiger partial charge in [0.2, 0.25) is 10.0 Å². The molecule has 23 heavy (non-hydrogen) atoms. The molecule has 2 atom stereocenters. The smallest absolute Gasteiger partial charge is 0.377 e. The Bertz CT molecular complexity index is 491. The summed E-state index contributed by atoms with van der Waals surface area (Å²) in [6, 6.07) is -0.665. The molecule has 0 aromatic carbocycles. The van der Waals surface area contributed by atoms with Crippen LogP contribution in [0, 0.1) is 5.41 Å². The minimum atomic E-state index is -4.41. The van der Waals surface area contributed by atoms with Crippen molar-refractivity contribution in [3.05, 3.63) is 0 Å². The molecule has 5 nitrogen and oxygen atoms in total. The molecule has 0 aromatic heterocycles. The SMILES string of the molecule is CCC(COCC(F)(F)F)NS(=O)(=O)CC1CC2(CCC2)CO1. The largest absolute Gasteiger partial charge is 0.411 e. The van der Waals surface area contributed by atoms with Crippen LogP contribution in [0.2, 0.25) is 0 Å². The fourth-order valence-electron chi connectivity index (χ4n) is 3.13. The number of halogens is 3. The number of alkyl halides is 3. The molecular formula is C14H24F3NO4S. The summed E-state index contributed by atoms with van der Waals surface area (Å²) < 4.78 is 73.0. The lowest BCUT2D eigenvalue weighted by atomic mass is 9.68. The molecule has 2 rings (SSSR count). The van der Waals surface area contributed by atoms with Gasteiger partial charge in [0.05, 0.1) is 25.1 Å². The lowest BCUT2D eigenvalue weighted by Gasteiger charge is -2.36. The van der Waals surface area contributed by atoms with E-state index < -0.39 is 28.8 Å². The van der Waals surface area contributed by atoms with E-state index in [2.05, 4.69) is 9.46 Å². The van der Waals surface area contributed by atoms with Gasteiger partial charge in [0.1, 0.15) is 6.61 Å². The Labute approximate surface area is 135 Å². The van der Waals surface area contributed by atoms with Crippen molar-refractivity contribution >= 4 is 10.0 Å². The first-order chi connectivity index (χ1) is 10.6. The fraction of sp³-hybridized carbons (Fsp3) is 1.00. The van der Waals surface area contributed by atoms with E-state index >= 15 is 0 Å². The second-order valence-electron chi connectivity index (χ2n) is 6.63. The average Bonchev–Trinajstić information content (AvgIpc) is 2.79. The zero-order chi connectivity index (χ0) is 17.1. The zero-order valence-corrected chi connectivity index (χ0v) is 14.0. The van der Waals surface area contributed by atoms with Gasteiger partial charge in [0.25, 0.3) is 0 Å². The van der Waals surface area contributed by atoms with Crippen molar-refractivity contribution in [1.29, 1.82) is 0 Å². The number of hydrogen-bond donors (Lipinski definition) is 1. The van der Waals surface area contributed by atoms with Crippen LogP contribution in [-0.4, -0.2) is 52.3 Å². The zero-order valence-electron chi connectivity index (χ0n) is 13.2. The lowest BCUT2D eigenvalue weighted by Crippen LogP contribution is -2.42. The van der Waals surface area contributed by atoms with Gasteiger partial charge in [0.15, 0.2) is 0 Å². The van der Waals surface area contributed by atoms with Gasteiger partial charge in [-0.3, -0.25) is 0 Å². The molecule has 1 aliphatic carbocycles. The van der Waals surface area contributed by atoms with Crippen LogP contribution in [-0.2, 0) is 19.5 Å². The van der Waals surface area contributed by atoms with Gasteiger partial charge in [-0.15, -0.1) is 0 Å². The Morgan fingerprint density at radius 2 is 2.09 bits per heavy atom. The van der Waals surface area contributed by atoms with Crippen LogP contribution in [0.25, 0.3) is 0 Å². The number of nitrogens with one attached hydrogen (secondary N) is 1. The molecule has 2 fully saturated rings. The predicted molar refractivity (Wildman–Crippen MR) is 78.5 cm³/mol. The van der Waals surface area contributed by atoms with Crippen LogP contribution in [0.15, 0.2) is 0 Å². The Kier molecular flexibility index (Phi) is 5.97. The topological polar surface area (TPSA) is 64.6 Å². The van der Waals surface area contributed by atoms with Crippen LogP contribution < -0.4 is 4.72 Å². The molecule has 1 saturated carbocycles. The lowest BCUT2D eigenvalue weighted by molar-refractivity contribution is -0.175. The van der Waals surface area contributed by atoms with E-state index in [0.717, 1.165) is 25.7 Å². The van der Waals surface area contributed by atoms with Crippen LogP contribution in [0.4, 0.5) is 13.2 Å². The Morgan fingerprint density at radius 3 is 2.57 bits per heavy atom. The van der Waals surface area contributed by atoms with Crippen LogP contribution in [0.5, 0.6) is 0 Å². The van der Waals surface area contributed by atoms with Gasteiger partial charge < -0.3 is 9.47 Å². The van der Waals surface area contributed by atoms with E-state index in [1.165, 1.54) is 0 Å². The van der Waals surface area contributed by atoms with E-state index in [-0.39, 0.29) is 23.9 Å². The highest BCUT2D eigenvalue weighted by Crippen LogP contribution is 2.49. The summed E-state index contributed by atoms with van der Waals surface area (Å²) in [6.45, 7) is 0.628. The molecule has 0 bridgehead atoms. The predicted octanol–water partition coefficient (Wildman–Crippen LogP) is 2.22. The molecule has 1 aliphatic heterocycles. The standard InChI is InChI=1S/C14H24F3NO4S/c1-2-11(7-21-10-14(15,16)17)18-23(19,20)8-12-6-13(9-22-12)4-3-5-13/h11-12,18H,2-10H2,1H3. The summed E-state index contributed by atoms with van der Waals surface area (Å²) in [5.74, 6) is -0.148. The summed E-state index contributed by atoms with van der Waals surface area (Å²) >= 11 is 0. The monoisotopic (exact) mass is 359 g/mol. The van der Waals surface area contributed by atoms with Gasteiger partial charge in [0, 0.05) is 6.04 Å². The van der Waals surface area contributed by atoms with E-state index in [1.807, 2.05) is 0 Å². The number of sulfonamides is 1. The second kappa shape index (κ2) is 7.25. The first kappa shape index (κ1) is 19.0. The summed E-state index contributed by atoms with van der Waals surface area (Å²) in [5.41, 5.74) is 0.167. The maximum atomic E-state index is 12.2. The quantitative estimate of drug-likeness (QED) is 0.722. The van der Waals surface area contributed by atoms with Crippen LogP contribution in [0.1, 0.15) is 39.0 Å². The molecule has 1 saturated heterocycles. The Balaban J connectivity index is 1.77. The van der Waals surface area contributed by atoms with Gasteiger partial charge in [-0.1, -0.05) is 13.3 Å². The minimum absolute atomic E-state index is 0.148. The summed E-state index contributed by atoms with van der Waals surface area (Å²) in [7, 11) is -3.61. The van der Waals surface area contributed by atoms with Gasteiger partial charge in [-0.25, -0.2) is 13.1 Å². The molecule has 2 unspecified atom stereocenters. The minimum Gasteiger partial charge on any atom is -0.377 e. The van der Waals surface area contributed by atoms with Gasteiger partial charge in [-0.05, 0) is 31.1 Å². The third-order valence-corrected chi connectivity index (χ3v) is 6.03. The summed E-state index contributed by atoms with van der Waals surface area (Å²) in [4.78, 5) is 0. The van der Waals surface area contributed by atoms with Gasteiger partial charge in [-0.2, -0.15) is 13.2 Å². The van der Waals surface area contributed by atoms with Gasteiger partial charge >= 0.3 is 6.18 Å². The highest BCUT2D eigenvalue weighted by atomic mass is 32.2. The number of hydrogen-bond acceptors (Lipinski definition) is 4. The van der Waals surface area contributed by atoms with Crippen LogP contribution >= 0.6 is 0 Å². The highest BCUT2D eigenvalue weighted by molar-refractivity contribution is 7.89. The molecular weight excluding hydrogens is 335 g/mol. The molecule has 1 heterocycles. The van der Waals surface area contributed by atoms with E-state index in [4.69, 9.17) is 4.74 Å². The van der Waals surface area contributed by atoms with Crippen molar-refractivity contribution in [1.82, 2.24) is 4.72 Å². The van der Waals surface area contributed by atoms with Crippen molar-refractivity contribution in [3.63, 3.8) is 0 Å². The first-order valence-corrected chi connectivity index (χ1v) is 9.54. The maximum Gasteiger partial charge on any atom is 0.411 e. The molecule has 0 radical (unpaired) electrons. The van der Waals surface area contributed by atoms with E-state index in [9.17, 15) is 21.6 Å². The third-order valence-electron chi connectivity index (χ3n) is 4.53. The summed E-state index contributed by atoms with van der Waals surface area (Å²) in [6.07, 6.45) is -0.315. The van der Waals surface area contributed by atoms with Crippen molar-refractivity contribution in [3.8, 4) is 0 Å². The highest BCUT2D eigenvalue weighted by Gasteiger charge is 2.45. The fourth-order valence-corrected chi connectivity index (χ4v) is 4.67. The first-order valence-electron chi connectivity index (χ1n) is 7.89. The Hall–Kier alpha value is -0.380. The van der Waals surface area contributed by atoms with Crippen molar-refractivity contribution in [2.75, 3.05) is 25.6 Å². The average molecular weight is 359 g/mol. The molecule has 0 amide bonds. The molecule has 1 N–H and O–H groups in total. The van der Waals surface area contributed by atoms with Crippen molar-refractivity contribution in [2.24, 2.45) is 5.41 Å². The molecule has 9 heteroatoms. The maximum absolute atomic E-state index is 12.2. The third kappa shape index (κ3) is 5.88. The van der Waals surface area contributed by atoms with E-state index in [0.29, 0.717) is 13.0 Å². The van der Waals surface area contributed by atoms with Crippen molar-refractivity contribution < 1.29 is 31.1 Å². The molecule has 0 aromatic rings. The number of rotatable bonds is 8. The number of ether oxygens (including phenoxy) is 2. The normalized spacial score (nSPS) is 25.5. The summed E-state index contributed by atoms with van der Waals surface area (Å²) in [5, 5.41) is 0. The second-order valence-corrected chi connectivity index (χ2v) is 8.42. The Morgan fingerprint density at radius 1 is 1.39 bits per heavy atom. The van der Waals surface area contributed by atoms with E-state index in [1.54, 1.807) is 6.92 Å². The van der Waals surface area contributed by atoms with Crippen LogP contribution in [0.3, 0.4) is 0 Å². The van der Waals surface area contributed by atoms with Crippen molar-refractivity contribution in [2.45, 2.75) is 57.3 Å². The molecule has 2 aliphatic rings. The molecule has 1 spiro atoms.